The van der Waals surface area contributed by atoms with Gasteiger partial charge in [-0.15, -0.1) is 10.2 Å². The summed E-state index contributed by atoms with van der Waals surface area (Å²) in [4.78, 5) is 19.0. The van der Waals surface area contributed by atoms with Crippen LogP contribution in [0.15, 0.2) is 57.6 Å². The summed E-state index contributed by atoms with van der Waals surface area (Å²) in [5.74, 6) is -0.0692. The normalized spacial score (nSPS) is 14.3. The van der Waals surface area contributed by atoms with Gasteiger partial charge in [0, 0.05) is 37.8 Å². The first-order chi connectivity index (χ1) is 14.3. The van der Waals surface area contributed by atoms with E-state index in [0.29, 0.717) is 17.0 Å². The number of hydrogen-bond donors (Lipinski definition) is 2. The lowest BCUT2D eigenvalue weighted by molar-refractivity contribution is 0.0990. The van der Waals surface area contributed by atoms with Gasteiger partial charge in [-0.05, 0) is 18.2 Å². The summed E-state index contributed by atoms with van der Waals surface area (Å²) in [6, 6.07) is 11.3. The zero-order valence-corrected chi connectivity index (χ0v) is 15.5. The molecule has 4 heterocycles. The molecule has 3 aromatic heterocycles. The number of hydrogen-bond acceptors (Lipinski definition) is 8. The van der Waals surface area contributed by atoms with E-state index in [1.165, 1.54) is 0 Å². The number of nitrogens with zero attached hydrogens (tertiary/aromatic N) is 4. The van der Waals surface area contributed by atoms with Crippen LogP contribution >= 0.6 is 0 Å². The fraction of sp³-hybridized carbons (Fsp3) is 0.200. The van der Waals surface area contributed by atoms with E-state index in [-0.39, 0.29) is 11.8 Å². The van der Waals surface area contributed by atoms with Crippen LogP contribution in [0.4, 0.5) is 11.4 Å². The minimum atomic E-state index is -0.496. The molecule has 0 aliphatic carbocycles. The Labute approximate surface area is 165 Å². The van der Waals surface area contributed by atoms with Gasteiger partial charge in [-0.3, -0.25) is 9.78 Å². The number of para-hydroxylation sites is 1. The molecular weight excluding hydrogens is 372 g/mol. The molecule has 29 heavy (non-hydrogen) atoms. The number of pyridine rings is 1. The molecular formula is C20H18N6O3. The number of fused-ring (bicyclic) bond motifs is 1. The summed E-state index contributed by atoms with van der Waals surface area (Å²) in [6.07, 6.45) is 3.32. The number of carbonyl (C=O) groups excluding carboxylic acids is 1. The van der Waals surface area contributed by atoms with Crippen molar-refractivity contribution in [3.8, 4) is 11.7 Å². The van der Waals surface area contributed by atoms with Crippen LogP contribution in [0.25, 0.3) is 22.6 Å². The Balaban J connectivity index is 1.37. The van der Waals surface area contributed by atoms with Crippen LogP contribution in [-0.4, -0.2) is 47.3 Å². The van der Waals surface area contributed by atoms with Crippen molar-refractivity contribution in [1.29, 1.82) is 0 Å². The van der Waals surface area contributed by atoms with Gasteiger partial charge in [-0.2, -0.15) is 0 Å². The number of anilines is 2. The standard InChI is InChI=1S/C20H18N6O3/c27-18(23-14-12-22-6-5-15(14)26-9-7-21-8-10-26)20-25-24-19(29-20)17-11-13-3-1-2-4-16(13)28-17/h1-6,11-12,21H,7-10H2,(H,23,27). The van der Waals surface area contributed by atoms with E-state index in [4.69, 9.17) is 8.83 Å². The van der Waals surface area contributed by atoms with Crippen LogP contribution in [0.5, 0.6) is 0 Å². The molecule has 9 nitrogen and oxygen atoms in total. The predicted octanol–water partition coefficient (Wildman–Crippen LogP) is 2.54. The number of furan rings is 1. The first kappa shape index (κ1) is 17.4. The first-order valence-corrected chi connectivity index (χ1v) is 9.31. The third kappa shape index (κ3) is 3.43. The monoisotopic (exact) mass is 390 g/mol. The lowest BCUT2D eigenvalue weighted by Gasteiger charge is -2.30. The molecule has 4 aromatic rings. The molecule has 0 radical (unpaired) electrons. The highest BCUT2D eigenvalue weighted by molar-refractivity contribution is 6.02. The number of aromatic nitrogens is 3. The van der Waals surface area contributed by atoms with E-state index in [2.05, 4.69) is 30.7 Å². The number of carbonyl (C=O) groups is 1. The summed E-state index contributed by atoms with van der Waals surface area (Å²) < 4.78 is 11.3. The first-order valence-electron chi connectivity index (χ1n) is 9.31. The maximum absolute atomic E-state index is 12.7. The van der Waals surface area contributed by atoms with Crippen molar-refractivity contribution < 1.29 is 13.6 Å². The molecule has 0 unspecified atom stereocenters. The van der Waals surface area contributed by atoms with Gasteiger partial charge in [-0.1, -0.05) is 18.2 Å². The van der Waals surface area contributed by atoms with Gasteiger partial charge >= 0.3 is 11.8 Å². The quantitative estimate of drug-likeness (QED) is 0.547. The summed E-state index contributed by atoms with van der Waals surface area (Å²) in [5, 5.41) is 14.9. The van der Waals surface area contributed by atoms with Gasteiger partial charge < -0.3 is 24.4 Å². The van der Waals surface area contributed by atoms with Crippen molar-refractivity contribution in [1.82, 2.24) is 20.5 Å². The Morgan fingerprint density at radius 3 is 2.83 bits per heavy atom. The molecule has 5 rings (SSSR count). The lowest BCUT2D eigenvalue weighted by atomic mass is 10.2. The molecule has 1 aliphatic rings. The zero-order valence-electron chi connectivity index (χ0n) is 15.5. The molecule has 0 saturated carbocycles. The van der Waals surface area contributed by atoms with Crippen molar-refractivity contribution in [2.75, 3.05) is 36.4 Å². The number of amides is 1. The Morgan fingerprint density at radius 2 is 1.97 bits per heavy atom. The third-order valence-electron chi connectivity index (χ3n) is 4.76. The Bertz CT molecular complexity index is 1130. The Kier molecular flexibility index (Phi) is 4.41. The van der Waals surface area contributed by atoms with E-state index in [1.807, 2.05) is 30.3 Å². The van der Waals surface area contributed by atoms with Crippen LogP contribution in [0.1, 0.15) is 10.7 Å². The Morgan fingerprint density at radius 1 is 1.10 bits per heavy atom. The average Bonchev–Trinajstić information content (AvgIpc) is 3.42. The number of piperazine rings is 1. The lowest BCUT2D eigenvalue weighted by Crippen LogP contribution is -2.43. The average molecular weight is 390 g/mol. The van der Waals surface area contributed by atoms with Crippen LogP contribution in [0, 0.1) is 0 Å². The molecule has 1 aromatic carbocycles. The largest absolute Gasteiger partial charge is 0.451 e. The molecule has 1 saturated heterocycles. The summed E-state index contributed by atoms with van der Waals surface area (Å²) in [5.41, 5.74) is 2.22. The van der Waals surface area contributed by atoms with Crippen molar-refractivity contribution in [2.24, 2.45) is 0 Å². The van der Waals surface area contributed by atoms with Crippen molar-refractivity contribution in [2.45, 2.75) is 0 Å². The summed E-state index contributed by atoms with van der Waals surface area (Å²) in [7, 11) is 0. The zero-order chi connectivity index (χ0) is 19.6. The molecule has 146 valence electrons. The van der Waals surface area contributed by atoms with Gasteiger partial charge in [0.2, 0.25) is 0 Å². The summed E-state index contributed by atoms with van der Waals surface area (Å²) >= 11 is 0. The van der Waals surface area contributed by atoms with Gasteiger partial charge in [0.1, 0.15) is 5.58 Å². The molecule has 9 heteroatoms. The molecule has 0 atom stereocenters. The van der Waals surface area contributed by atoms with E-state index >= 15 is 0 Å². The molecule has 2 N–H and O–H groups in total. The maximum atomic E-state index is 12.7. The van der Waals surface area contributed by atoms with Crippen LogP contribution in [0.2, 0.25) is 0 Å². The van der Waals surface area contributed by atoms with Gasteiger partial charge in [0.25, 0.3) is 5.89 Å². The van der Waals surface area contributed by atoms with E-state index in [1.54, 1.807) is 18.5 Å². The van der Waals surface area contributed by atoms with E-state index in [9.17, 15) is 4.79 Å². The highest BCUT2D eigenvalue weighted by Crippen LogP contribution is 2.28. The van der Waals surface area contributed by atoms with E-state index in [0.717, 1.165) is 37.3 Å². The molecule has 0 spiro atoms. The van der Waals surface area contributed by atoms with Gasteiger partial charge in [-0.25, -0.2) is 0 Å². The second kappa shape index (κ2) is 7.36. The van der Waals surface area contributed by atoms with Crippen LogP contribution < -0.4 is 15.5 Å². The Hall–Kier alpha value is -3.72. The topological polar surface area (TPSA) is 109 Å². The minimum absolute atomic E-state index is 0.143. The molecule has 1 amide bonds. The number of rotatable bonds is 4. The number of benzene rings is 1. The SMILES string of the molecule is O=C(Nc1cnccc1N1CCNCC1)c1nnc(-c2cc3ccccc3o2)o1. The van der Waals surface area contributed by atoms with Crippen molar-refractivity contribution >= 4 is 28.3 Å². The van der Waals surface area contributed by atoms with E-state index < -0.39 is 5.91 Å². The molecule has 1 aliphatic heterocycles. The van der Waals surface area contributed by atoms with Crippen LogP contribution in [-0.2, 0) is 0 Å². The summed E-state index contributed by atoms with van der Waals surface area (Å²) in [6.45, 7) is 3.48. The van der Waals surface area contributed by atoms with Crippen molar-refractivity contribution in [3.05, 3.63) is 54.7 Å². The highest BCUT2D eigenvalue weighted by atomic mass is 16.4. The fourth-order valence-corrected chi connectivity index (χ4v) is 3.34. The highest BCUT2D eigenvalue weighted by Gasteiger charge is 2.21. The molecule has 1 fully saturated rings. The second-order valence-corrected chi connectivity index (χ2v) is 6.64. The predicted molar refractivity (Wildman–Crippen MR) is 107 cm³/mol. The molecule has 0 bridgehead atoms. The third-order valence-corrected chi connectivity index (χ3v) is 4.76. The van der Waals surface area contributed by atoms with Gasteiger partial charge in [0.15, 0.2) is 5.76 Å². The number of nitrogens with one attached hydrogen (secondary N) is 2. The second-order valence-electron chi connectivity index (χ2n) is 6.64. The van der Waals surface area contributed by atoms with Gasteiger partial charge in [0.05, 0.1) is 17.6 Å². The minimum Gasteiger partial charge on any atom is -0.451 e. The van der Waals surface area contributed by atoms with Crippen LogP contribution in [0.3, 0.4) is 0 Å². The van der Waals surface area contributed by atoms with Crippen molar-refractivity contribution in [3.63, 3.8) is 0 Å². The fourth-order valence-electron chi connectivity index (χ4n) is 3.34. The maximum Gasteiger partial charge on any atom is 0.313 e. The smallest absolute Gasteiger partial charge is 0.313 e.